The topological polar surface area (TPSA) is 29.1 Å². The van der Waals surface area contributed by atoms with Crippen LogP contribution in [0.4, 0.5) is 32.0 Å². The van der Waals surface area contributed by atoms with Crippen LogP contribution in [0.3, 0.4) is 0 Å². The van der Waals surface area contributed by atoms with Crippen LogP contribution in [0, 0.1) is 5.82 Å². The number of hydrogen-bond acceptors (Lipinski definition) is 1. The van der Waals surface area contributed by atoms with Crippen molar-refractivity contribution in [2.45, 2.75) is 29.8 Å². The lowest BCUT2D eigenvalue weighted by Gasteiger charge is -2.26. The predicted octanol–water partition coefficient (Wildman–Crippen LogP) is 4.34. The Balaban J connectivity index is 2.44. The number of fused-ring (bicyclic) bond motifs is 1. The summed E-state index contributed by atoms with van der Waals surface area (Å²) in [5.74, 6) is -6.74. The molecule has 0 radical (unpaired) electrons. The van der Waals surface area contributed by atoms with Crippen LogP contribution in [0.5, 0.6) is 0 Å². The Morgan fingerprint density at radius 3 is 2.33 bits per heavy atom. The second-order valence-corrected chi connectivity index (χ2v) is 5.48. The van der Waals surface area contributed by atoms with Crippen LogP contribution in [0.1, 0.15) is 22.4 Å². The highest BCUT2D eigenvalue weighted by Crippen LogP contribution is 2.50. The fourth-order valence-electron chi connectivity index (χ4n) is 1.95. The molecule has 0 bridgehead atoms. The normalized spacial score (nSPS) is 17.2. The first-order valence-corrected chi connectivity index (χ1v) is 6.66. The van der Waals surface area contributed by atoms with Crippen molar-refractivity contribution in [3.63, 3.8) is 0 Å². The largest absolute Gasteiger partial charge is 0.454 e. The van der Waals surface area contributed by atoms with E-state index >= 15 is 0 Å². The first kappa shape index (κ1) is 16.1. The van der Waals surface area contributed by atoms with Gasteiger partial charge in [0, 0.05) is 17.7 Å². The van der Waals surface area contributed by atoms with Gasteiger partial charge in [-0.3, -0.25) is 4.79 Å². The maximum atomic E-state index is 13.8. The van der Waals surface area contributed by atoms with Crippen LogP contribution in [0.2, 0.25) is 0 Å². The predicted molar refractivity (Wildman–Crippen MR) is 66.0 cm³/mol. The monoisotopic (exact) mass is 375 g/mol. The molecule has 1 atom stereocenters. The zero-order valence-electron chi connectivity index (χ0n) is 10.2. The van der Waals surface area contributed by atoms with Crippen LogP contribution >= 0.6 is 15.9 Å². The van der Waals surface area contributed by atoms with E-state index in [4.69, 9.17) is 0 Å². The van der Waals surface area contributed by atoms with Gasteiger partial charge in [0.1, 0.15) is 10.6 Å². The summed E-state index contributed by atoms with van der Waals surface area (Å²) in [5, 5.41) is 2.33. The average Bonchev–Trinajstić information content (AvgIpc) is 2.35. The number of benzene rings is 1. The molecule has 1 unspecified atom stereocenters. The van der Waals surface area contributed by atoms with Crippen LogP contribution in [0.25, 0.3) is 0 Å². The van der Waals surface area contributed by atoms with Gasteiger partial charge in [0.25, 0.3) is 0 Å². The summed E-state index contributed by atoms with van der Waals surface area (Å²) >= 11 is 2.24. The van der Waals surface area contributed by atoms with Gasteiger partial charge in [-0.2, -0.15) is 22.0 Å². The minimum absolute atomic E-state index is 0.0562. The lowest BCUT2D eigenvalue weighted by Crippen LogP contribution is -2.40. The van der Waals surface area contributed by atoms with Crippen LogP contribution in [-0.2, 0) is 11.2 Å². The van der Waals surface area contributed by atoms with Crippen molar-refractivity contribution >= 4 is 27.5 Å². The van der Waals surface area contributed by atoms with Crippen molar-refractivity contribution in [2.75, 3.05) is 5.32 Å². The zero-order chi connectivity index (χ0) is 16.0. The highest BCUT2D eigenvalue weighted by Gasteiger charge is 2.62. The number of amides is 1. The number of alkyl halides is 6. The molecule has 0 saturated heterocycles. The fourth-order valence-corrected chi connectivity index (χ4v) is 2.56. The third-order valence-electron chi connectivity index (χ3n) is 3.09. The van der Waals surface area contributed by atoms with Gasteiger partial charge < -0.3 is 5.32 Å². The maximum absolute atomic E-state index is 13.8. The lowest BCUT2D eigenvalue weighted by atomic mass is 9.97. The van der Waals surface area contributed by atoms with Crippen molar-refractivity contribution in [3.05, 3.63) is 29.1 Å². The summed E-state index contributed by atoms with van der Waals surface area (Å²) in [5.41, 5.74) is -0.400. The van der Waals surface area contributed by atoms with Crippen LogP contribution < -0.4 is 5.32 Å². The summed E-state index contributed by atoms with van der Waals surface area (Å²) in [6.45, 7) is 0. The van der Waals surface area contributed by atoms with E-state index in [9.17, 15) is 31.1 Å². The summed E-state index contributed by atoms with van der Waals surface area (Å²) in [6.07, 6.45) is -5.61. The molecule has 1 aromatic carbocycles. The average molecular weight is 376 g/mol. The van der Waals surface area contributed by atoms with Gasteiger partial charge in [-0.1, -0.05) is 15.9 Å². The van der Waals surface area contributed by atoms with Gasteiger partial charge in [-0.15, -0.1) is 0 Å². The summed E-state index contributed by atoms with van der Waals surface area (Å²) in [7, 11) is 0. The minimum atomic E-state index is -5.81. The van der Waals surface area contributed by atoms with Gasteiger partial charge in [0.15, 0.2) is 0 Å². The molecule has 0 aliphatic carbocycles. The quantitative estimate of drug-likeness (QED) is 0.604. The van der Waals surface area contributed by atoms with Crippen molar-refractivity contribution < 1.29 is 31.1 Å². The highest BCUT2D eigenvalue weighted by atomic mass is 79.9. The fraction of sp³-hybridized carbons (Fsp3) is 0.417. The number of carbonyl (C=O) groups is 1. The third-order valence-corrected chi connectivity index (χ3v) is 4.16. The summed E-state index contributed by atoms with van der Waals surface area (Å²) in [6, 6.07) is 1.67. The molecular weight excluding hydrogens is 368 g/mol. The van der Waals surface area contributed by atoms with Crippen molar-refractivity contribution in [1.82, 2.24) is 0 Å². The Hall–Kier alpha value is -1.25. The summed E-state index contributed by atoms with van der Waals surface area (Å²) in [4.78, 5) is 8.59. The number of hydrogen-bond donors (Lipinski definition) is 1. The maximum Gasteiger partial charge on any atom is 0.454 e. The van der Waals surface area contributed by atoms with Gasteiger partial charge in [0.05, 0.1) is 0 Å². The first-order chi connectivity index (χ1) is 9.54. The van der Waals surface area contributed by atoms with E-state index in [0.29, 0.717) is 5.56 Å². The second kappa shape index (κ2) is 5.19. The third kappa shape index (κ3) is 2.88. The second-order valence-electron chi connectivity index (χ2n) is 4.56. The molecule has 1 aromatic rings. The number of aryl methyl sites for hydroxylation is 1. The number of rotatable bonds is 2. The van der Waals surface area contributed by atoms with Crippen molar-refractivity contribution in [1.29, 1.82) is 0 Å². The van der Waals surface area contributed by atoms with E-state index in [1.807, 2.05) is 0 Å². The molecule has 0 saturated carbocycles. The summed E-state index contributed by atoms with van der Waals surface area (Å²) < 4.78 is 77.3. The Morgan fingerprint density at radius 2 is 1.76 bits per heavy atom. The standard InChI is InChI=1S/C12H8BrF6NO/c13-10(11(15,16)12(17,18)19)6-3-5-1-2-9(21)20-8(5)4-7(6)14/h3-4,10H,1-2H2,(H,20,21). The smallest absolute Gasteiger partial charge is 0.326 e. The lowest BCUT2D eigenvalue weighted by molar-refractivity contribution is -0.281. The zero-order valence-corrected chi connectivity index (χ0v) is 11.8. The Morgan fingerprint density at radius 1 is 1.14 bits per heavy atom. The van der Waals surface area contributed by atoms with E-state index in [0.717, 1.165) is 12.1 Å². The van der Waals surface area contributed by atoms with Crippen molar-refractivity contribution in [3.8, 4) is 0 Å². The van der Waals surface area contributed by atoms with Crippen molar-refractivity contribution in [2.24, 2.45) is 0 Å². The molecule has 1 amide bonds. The molecule has 116 valence electrons. The molecule has 1 aliphatic heterocycles. The van der Waals surface area contributed by atoms with Gasteiger partial charge in [0.2, 0.25) is 5.91 Å². The van der Waals surface area contributed by atoms with Crippen LogP contribution in [0.15, 0.2) is 12.1 Å². The molecule has 2 rings (SSSR count). The Bertz CT molecular complexity index is 586. The van der Waals surface area contributed by atoms with Gasteiger partial charge in [-0.05, 0) is 24.1 Å². The Kier molecular flexibility index (Phi) is 3.98. The highest BCUT2D eigenvalue weighted by molar-refractivity contribution is 9.09. The molecule has 0 spiro atoms. The molecule has 1 aliphatic rings. The molecular formula is C12H8BrF6NO. The first-order valence-electron chi connectivity index (χ1n) is 5.75. The number of nitrogens with one attached hydrogen (secondary N) is 1. The number of carbonyl (C=O) groups excluding carboxylic acids is 1. The molecule has 21 heavy (non-hydrogen) atoms. The number of anilines is 1. The van der Waals surface area contributed by atoms with E-state index in [-0.39, 0.29) is 24.4 Å². The van der Waals surface area contributed by atoms with E-state index < -0.39 is 28.3 Å². The number of halogens is 7. The minimum Gasteiger partial charge on any atom is -0.326 e. The van der Waals surface area contributed by atoms with E-state index in [1.54, 1.807) is 0 Å². The molecule has 2 nitrogen and oxygen atoms in total. The molecule has 1 N–H and O–H groups in total. The van der Waals surface area contributed by atoms with Gasteiger partial charge >= 0.3 is 12.1 Å². The van der Waals surface area contributed by atoms with Crippen LogP contribution in [-0.4, -0.2) is 18.0 Å². The SMILES string of the molecule is O=C1CCc2cc(C(Br)C(F)(F)C(F)(F)F)c(F)cc2N1. The van der Waals surface area contributed by atoms with E-state index in [1.165, 1.54) is 0 Å². The molecule has 0 fully saturated rings. The van der Waals surface area contributed by atoms with E-state index in [2.05, 4.69) is 21.2 Å². The molecule has 1 heterocycles. The molecule has 0 aromatic heterocycles. The Labute approximate surface area is 123 Å². The molecule has 9 heteroatoms. The van der Waals surface area contributed by atoms with Gasteiger partial charge in [-0.25, -0.2) is 4.39 Å².